The minimum absolute atomic E-state index is 0.0699. The largest absolute Gasteiger partial charge is 0.398 e. The van der Waals surface area contributed by atoms with Crippen molar-refractivity contribution in [3.63, 3.8) is 0 Å². The van der Waals surface area contributed by atoms with Gasteiger partial charge in [0.15, 0.2) is 0 Å². The highest BCUT2D eigenvalue weighted by atomic mass is 79.9. The van der Waals surface area contributed by atoms with E-state index in [9.17, 15) is 4.79 Å². The molecule has 0 aromatic heterocycles. The molecule has 0 aliphatic carbocycles. The lowest BCUT2D eigenvalue weighted by Crippen LogP contribution is -2.39. The van der Waals surface area contributed by atoms with Crippen LogP contribution < -0.4 is 11.1 Å². The fourth-order valence-corrected chi connectivity index (χ4v) is 2.93. The Balaban J connectivity index is 2.72. The summed E-state index contributed by atoms with van der Waals surface area (Å²) in [4.78, 5) is 12.1. The molecule has 5 heteroatoms. The molecular formula is C14H21BrN2OS. The number of anilines is 1. The van der Waals surface area contributed by atoms with Crippen molar-refractivity contribution in [1.29, 1.82) is 0 Å². The zero-order chi connectivity index (χ0) is 14.5. The number of nitrogen functional groups attached to an aromatic ring is 1. The van der Waals surface area contributed by atoms with Crippen molar-refractivity contribution in [2.75, 3.05) is 18.5 Å². The van der Waals surface area contributed by atoms with E-state index in [1.807, 2.05) is 11.8 Å². The molecule has 1 aromatic carbocycles. The Bertz CT molecular complexity index is 439. The monoisotopic (exact) mass is 344 g/mol. The molecule has 0 spiro atoms. The highest BCUT2D eigenvalue weighted by molar-refractivity contribution is 9.10. The molecular weight excluding hydrogens is 324 g/mol. The third-order valence-corrected chi connectivity index (χ3v) is 5.86. The fraction of sp³-hybridized carbons (Fsp3) is 0.500. The number of thioether (sulfide) groups is 1. The van der Waals surface area contributed by atoms with Gasteiger partial charge in [0, 0.05) is 27.0 Å². The van der Waals surface area contributed by atoms with Gasteiger partial charge in [0.1, 0.15) is 0 Å². The van der Waals surface area contributed by atoms with Crippen molar-refractivity contribution >= 4 is 39.3 Å². The van der Waals surface area contributed by atoms with Crippen LogP contribution in [0.2, 0.25) is 0 Å². The summed E-state index contributed by atoms with van der Waals surface area (Å²) >= 11 is 5.14. The van der Waals surface area contributed by atoms with Crippen molar-refractivity contribution < 1.29 is 4.79 Å². The van der Waals surface area contributed by atoms with Gasteiger partial charge in [-0.3, -0.25) is 4.79 Å². The first-order chi connectivity index (χ1) is 8.98. The summed E-state index contributed by atoms with van der Waals surface area (Å²) in [5.74, 6) is -0.0699. The van der Waals surface area contributed by atoms with E-state index in [1.165, 1.54) is 0 Å². The molecule has 3 nitrogen and oxygen atoms in total. The average Bonchev–Trinajstić information content (AvgIpc) is 2.43. The molecule has 0 heterocycles. The van der Waals surface area contributed by atoms with Gasteiger partial charge in [0.05, 0.1) is 0 Å². The summed E-state index contributed by atoms with van der Waals surface area (Å²) < 4.78 is 0.931. The SMILES string of the molecule is CCC(CC)(CNC(=O)c1ccc(Br)c(N)c1)SC. The average molecular weight is 345 g/mol. The van der Waals surface area contributed by atoms with Crippen LogP contribution in [0, 0.1) is 0 Å². The van der Waals surface area contributed by atoms with Gasteiger partial charge in [-0.1, -0.05) is 13.8 Å². The van der Waals surface area contributed by atoms with Crippen LogP contribution in [0.15, 0.2) is 22.7 Å². The molecule has 0 fully saturated rings. The molecule has 0 aliphatic heterocycles. The predicted molar refractivity (Wildman–Crippen MR) is 87.7 cm³/mol. The Hall–Kier alpha value is -0.680. The lowest BCUT2D eigenvalue weighted by Gasteiger charge is -2.29. The number of hydrogen-bond donors (Lipinski definition) is 2. The highest BCUT2D eigenvalue weighted by Crippen LogP contribution is 2.29. The van der Waals surface area contributed by atoms with E-state index < -0.39 is 0 Å². The van der Waals surface area contributed by atoms with Gasteiger partial charge in [0.2, 0.25) is 0 Å². The minimum atomic E-state index is -0.0699. The van der Waals surface area contributed by atoms with Gasteiger partial charge >= 0.3 is 0 Å². The van der Waals surface area contributed by atoms with Crippen LogP contribution in [0.25, 0.3) is 0 Å². The van der Waals surface area contributed by atoms with Gasteiger partial charge in [-0.25, -0.2) is 0 Å². The Labute approximate surface area is 127 Å². The Morgan fingerprint density at radius 3 is 2.53 bits per heavy atom. The number of carbonyl (C=O) groups excluding carboxylic acids is 1. The first-order valence-electron chi connectivity index (χ1n) is 6.36. The quantitative estimate of drug-likeness (QED) is 0.774. The molecule has 1 rings (SSSR count). The van der Waals surface area contributed by atoms with E-state index >= 15 is 0 Å². The summed E-state index contributed by atoms with van der Waals surface area (Å²) in [5, 5.41) is 3.01. The van der Waals surface area contributed by atoms with Crippen molar-refractivity contribution in [3.05, 3.63) is 28.2 Å². The van der Waals surface area contributed by atoms with Gasteiger partial charge < -0.3 is 11.1 Å². The van der Waals surface area contributed by atoms with Gasteiger partial charge in [-0.2, -0.15) is 11.8 Å². The highest BCUT2D eigenvalue weighted by Gasteiger charge is 2.25. The number of rotatable bonds is 6. The van der Waals surface area contributed by atoms with Crippen molar-refractivity contribution in [2.45, 2.75) is 31.4 Å². The maximum Gasteiger partial charge on any atom is 0.251 e. The standard InChI is InChI=1S/C14H21BrN2OS/c1-4-14(5-2,19-3)9-17-13(18)10-6-7-11(15)12(16)8-10/h6-8H,4-5,9,16H2,1-3H3,(H,17,18). The Morgan fingerprint density at radius 1 is 1.42 bits per heavy atom. The van der Waals surface area contributed by atoms with Crippen LogP contribution in [0.5, 0.6) is 0 Å². The summed E-state index contributed by atoms with van der Waals surface area (Å²) in [6, 6.07) is 5.26. The second-order valence-corrected chi connectivity index (χ2v) is 6.64. The Morgan fingerprint density at radius 2 is 2.05 bits per heavy atom. The van der Waals surface area contributed by atoms with E-state index in [2.05, 4.69) is 41.3 Å². The molecule has 1 aromatic rings. The summed E-state index contributed by atoms with van der Waals surface area (Å²) in [6.07, 6.45) is 4.16. The van der Waals surface area contributed by atoms with Gasteiger partial charge in [-0.05, 0) is 53.2 Å². The van der Waals surface area contributed by atoms with Crippen LogP contribution in [-0.2, 0) is 0 Å². The molecule has 1 amide bonds. The number of nitrogens with one attached hydrogen (secondary N) is 1. The van der Waals surface area contributed by atoms with Crippen LogP contribution in [0.1, 0.15) is 37.0 Å². The minimum Gasteiger partial charge on any atom is -0.398 e. The zero-order valence-electron chi connectivity index (χ0n) is 11.6. The van der Waals surface area contributed by atoms with Gasteiger partial charge in [-0.15, -0.1) is 0 Å². The second kappa shape index (κ2) is 7.20. The first kappa shape index (κ1) is 16.4. The smallest absolute Gasteiger partial charge is 0.251 e. The topological polar surface area (TPSA) is 55.1 Å². The summed E-state index contributed by atoms with van der Waals surface area (Å²) in [7, 11) is 0. The van der Waals surface area contributed by atoms with Crippen molar-refractivity contribution in [2.24, 2.45) is 0 Å². The first-order valence-corrected chi connectivity index (χ1v) is 8.38. The van der Waals surface area contributed by atoms with Crippen LogP contribution in [0.4, 0.5) is 5.69 Å². The molecule has 0 saturated heterocycles. The normalized spacial score (nSPS) is 11.4. The van der Waals surface area contributed by atoms with Crippen molar-refractivity contribution in [3.8, 4) is 0 Å². The van der Waals surface area contributed by atoms with Crippen LogP contribution in [-0.4, -0.2) is 23.5 Å². The van der Waals surface area contributed by atoms with E-state index in [0.29, 0.717) is 17.8 Å². The molecule has 0 bridgehead atoms. The fourth-order valence-electron chi connectivity index (χ4n) is 1.89. The number of amides is 1. The number of hydrogen-bond acceptors (Lipinski definition) is 3. The zero-order valence-corrected chi connectivity index (χ0v) is 14.0. The molecule has 0 saturated carbocycles. The van der Waals surface area contributed by atoms with Crippen LogP contribution >= 0.6 is 27.7 Å². The van der Waals surface area contributed by atoms with E-state index in [4.69, 9.17) is 5.73 Å². The Kier molecular flexibility index (Phi) is 6.20. The molecule has 3 N–H and O–H groups in total. The van der Waals surface area contributed by atoms with Crippen LogP contribution in [0.3, 0.4) is 0 Å². The predicted octanol–water partition coefficient (Wildman–Crippen LogP) is 3.68. The number of carbonyl (C=O) groups is 1. The third-order valence-electron chi connectivity index (χ3n) is 3.55. The van der Waals surface area contributed by atoms with Gasteiger partial charge in [0.25, 0.3) is 5.91 Å². The molecule has 0 radical (unpaired) electrons. The second-order valence-electron chi connectivity index (χ2n) is 4.51. The summed E-state index contributed by atoms with van der Waals surface area (Å²) in [5.41, 5.74) is 6.97. The molecule has 0 unspecified atom stereocenters. The number of benzene rings is 1. The maximum absolute atomic E-state index is 12.1. The van der Waals surface area contributed by atoms with E-state index in [1.54, 1.807) is 18.2 Å². The maximum atomic E-state index is 12.1. The van der Waals surface area contributed by atoms with E-state index in [-0.39, 0.29) is 10.7 Å². The third kappa shape index (κ3) is 4.14. The molecule has 106 valence electrons. The lowest BCUT2D eigenvalue weighted by atomic mass is 10.0. The number of halogens is 1. The molecule has 19 heavy (non-hydrogen) atoms. The van der Waals surface area contributed by atoms with Crippen molar-refractivity contribution in [1.82, 2.24) is 5.32 Å². The van der Waals surface area contributed by atoms with E-state index in [0.717, 1.165) is 17.3 Å². The lowest BCUT2D eigenvalue weighted by molar-refractivity contribution is 0.0949. The number of nitrogens with two attached hydrogens (primary N) is 1. The molecule has 0 aliphatic rings. The molecule has 0 atom stereocenters. The summed E-state index contributed by atoms with van der Waals surface area (Å²) in [6.45, 7) is 4.99.